The highest BCUT2D eigenvalue weighted by molar-refractivity contribution is 6.30. The van der Waals surface area contributed by atoms with Crippen molar-refractivity contribution in [2.75, 3.05) is 49.9 Å². The van der Waals surface area contributed by atoms with Gasteiger partial charge in [-0.3, -0.25) is 9.69 Å². The Balaban J connectivity index is 1.33. The Hall–Kier alpha value is -3.35. The second-order valence-corrected chi connectivity index (χ2v) is 9.38. The van der Waals surface area contributed by atoms with Gasteiger partial charge in [-0.2, -0.15) is 23.4 Å². The molecule has 1 amide bonds. The number of pyridine rings is 1. The number of carbonyl (C=O) groups is 1. The summed E-state index contributed by atoms with van der Waals surface area (Å²) in [6.45, 7) is 2.85. The highest BCUT2D eigenvalue weighted by Crippen LogP contribution is 2.28. The lowest BCUT2D eigenvalue weighted by Gasteiger charge is -2.34. The van der Waals surface area contributed by atoms with Crippen molar-refractivity contribution < 1.29 is 22.4 Å². The molecule has 1 aliphatic heterocycles. The van der Waals surface area contributed by atoms with Crippen molar-refractivity contribution >= 4 is 34.7 Å². The van der Waals surface area contributed by atoms with Crippen LogP contribution in [0.5, 0.6) is 0 Å². The van der Waals surface area contributed by atoms with Crippen LogP contribution in [0.4, 0.5) is 34.8 Å². The molecule has 1 aromatic carbocycles. The summed E-state index contributed by atoms with van der Waals surface area (Å²) >= 11 is 6.01. The van der Waals surface area contributed by atoms with Gasteiger partial charge in [0.05, 0.1) is 23.6 Å². The zero-order valence-corrected chi connectivity index (χ0v) is 21.3. The number of rotatable bonds is 8. The highest BCUT2D eigenvalue weighted by atomic mass is 35.5. The van der Waals surface area contributed by atoms with Crippen molar-refractivity contribution in [2.45, 2.75) is 19.5 Å². The smallest absolute Gasteiger partial charge is 0.354 e. The second-order valence-electron chi connectivity index (χ2n) is 8.94. The summed E-state index contributed by atoms with van der Waals surface area (Å²) in [6, 6.07) is 9.19. The molecule has 0 spiro atoms. The van der Waals surface area contributed by atoms with E-state index in [1.165, 1.54) is 29.3 Å². The maximum absolute atomic E-state index is 14.3. The van der Waals surface area contributed by atoms with Gasteiger partial charge in [-0.15, -0.1) is 0 Å². The first-order chi connectivity index (χ1) is 18.1. The number of halogens is 5. The van der Waals surface area contributed by atoms with Crippen molar-refractivity contribution in [2.24, 2.45) is 0 Å². The summed E-state index contributed by atoms with van der Waals surface area (Å²) in [7, 11) is 0. The summed E-state index contributed by atoms with van der Waals surface area (Å²) in [4.78, 5) is 20.0. The number of benzene rings is 1. The van der Waals surface area contributed by atoms with Gasteiger partial charge in [0.1, 0.15) is 11.6 Å². The number of amides is 1. The first kappa shape index (κ1) is 27.7. The number of aryl methyl sites for hydroxylation is 1. The molecule has 3 aromatic rings. The van der Waals surface area contributed by atoms with Crippen LogP contribution in [0.15, 0.2) is 42.6 Å². The molecule has 0 radical (unpaired) electrons. The van der Waals surface area contributed by atoms with E-state index in [-0.39, 0.29) is 17.9 Å². The van der Waals surface area contributed by atoms with Gasteiger partial charge in [-0.25, -0.2) is 9.37 Å². The molecule has 202 valence electrons. The summed E-state index contributed by atoms with van der Waals surface area (Å²) in [5, 5.41) is 14.5. The van der Waals surface area contributed by atoms with Crippen LogP contribution in [0.25, 0.3) is 11.3 Å². The summed E-state index contributed by atoms with van der Waals surface area (Å²) < 4.78 is 51.9. The first-order valence-electron chi connectivity index (χ1n) is 11.9. The van der Waals surface area contributed by atoms with Crippen molar-refractivity contribution in [3.05, 3.63) is 59.1 Å². The van der Waals surface area contributed by atoms with Crippen LogP contribution < -0.4 is 10.6 Å². The number of alkyl halides is 3. The first-order valence-corrected chi connectivity index (χ1v) is 12.3. The number of hydrogen-bond acceptors (Lipinski definition) is 7. The Kier molecular flexibility index (Phi) is 8.75. The molecule has 2 N–H and O–H groups in total. The zero-order valence-electron chi connectivity index (χ0n) is 20.5. The molecular formula is C25H26ClF4N7O. The quantitative estimate of drug-likeness (QED) is 0.385. The molecule has 8 nitrogen and oxygen atoms in total. The minimum absolute atomic E-state index is 0.181. The van der Waals surface area contributed by atoms with Gasteiger partial charge < -0.3 is 15.5 Å². The Morgan fingerprint density at radius 1 is 1.05 bits per heavy atom. The predicted molar refractivity (Wildman–Crippen MR) is 137 cm³/mol. The van der Waals surface area contributed by atoms with Gasteiger partial charge in [0.15, 0.2) is 0 Å². The largest absolute Gasteiger partial charge is 0.401 e. The van der Waals surface area contributed by atoms with E-state index < -0.39 is 18.5 Å². The molecule has 0 atom stereocenters. The van der Waals surface area contributed by atoms with Crippen LogP contribution in [-0.4, -0.2) is 76.3 Å². The molecule has 0 unspecified atom stereocenters. The monoisotopic (exact) mass is 551 g/mol. The fourth-order valence-corrected chi connectivity index (χ4v) is 4.20. The number of hydrogen-bond donors (Lipinski definition) is 2. The lowest BCUT2D eigenvalue weighted by Crippen LogP contribution is -2.49. The number of nitrogens with one attached hydrogen (secondary N) is 2. The van der Waals surface area contributed by atoms with Gasteiger partial charge in [-0.1, -0.05) is 11.6 Å². The Morgan fingerprint density at radius 2 is 1.79 bits per heavy atom. The SMILES string of the molecule is Cc1nnc(-c2cc(Cl)ccc2F)cc1Nc1ccnc(NC(=O)CCN2CCN(CC(F)(F)F)CC2)c1. The van der Waals surface area contributed by atoms with Crippen LogP contribution in [0.1, 0.15) is 12.1 Å². The van der Waals surface area contributed by atoms with Crippen LogP contribution in [0.2, 0.25) is 5.02 Å². The minimum atomic E-state index is -4.21. The number of anilines is 3. The van der Waals surface area contributed by atoms with E-state index in [2.05, 4.69) is 25.8 Å². The molecule has 3 heterocycles. The van der Waals surface area contributed by atoms with Crippen molar-refractivity contribution in [3.8, 4) is 11.3 Å². The molecular weight excluding hydrogens is 526 g/mol. The third kappa shape index (κ3) is 7.83. The molecule has 0 saturated carbocycles. The summed E-state index contributed by atoms with van der Waals surface area (Å²) in [5.74, 6) is -0.403. The number of aromatic nitrogens is 3. The van der Waals surface area contributed by atoms with Crippen molar-refractivity contribution in [1.29, 1.82) is 0 Å². The topological polar surface area (TPSA) is 86.3 Å². The van der Waals surface area contributed by atoms with E-state index in [1.807, 2.05) is 4.90 Å². The lowest BCUT2D eigenvalue weighted by molar-refractivity contribution is -0.149. The maximum Gasteiger partial charge on any atom is 0.401 e. The third-order valence-electron chi connectivity index (χ3n) is 6.01. The van der Waals surface area contributed by atoms with Gasteiger partial charge in [0.25, 0.3) is 0 Å². The second kappa shape index (κ2) is 12.0. The zero-order chi connectivity index (χ0) is 27.3. The summed E-state index contributed by atoms with van der Waals surface area (Å²) in [6.07, 6.45) is -2.50. The standard InChI is InChI=1S/C25H26ClF4N7O/c1-16-21(14-22(35-34-16)19-12-17(26)2-3-20(19)27)32-18-4-6-31-23(13-18)33-24(38)5-7-36-8-10-37(11-9-36)15-25(28,29)30/h2-4,6,12-14H,5,7-11,15H2,1H3,(H2,31,32,33,35,38). The highest BCUT2D eigenvalue weighted by Gasteiger charge is 2.32. The van der Waals surface area contributed by atoms with Gasteiger partial charge in [0.2, 0.25) is 5.91 Å². The van der Waals surface area contributed by atoms with Gasteiger partial charge >= 0.3 is 6.18 Å². The van der Waals surface area contributed by atoms with E-state index >= 15 is 0 Å². The fourth-order valence-electron chi connectivity index (χ4n) is 4.03. The van der Waals surface area contributed by atoms with Crippen LogP contribution in [-0.2, 0) is 4.79 Å². The molecule has 2 aromatic heterocycles. The van der Waals surface area contributed by atoms with E-state index in [4.69, 9.17) is 11.6 Å². The third-order valence-corrected chi connectivity index (χ3v) is 6.25. The summed E-state index contributed by atoms with van der Waals surface area (Å²) in [5.41, 5.74) is 2.30. The average molecular weight is 552 g/mol. The fraction of sp³-hybridized carbons (Fsp3) is 0.360. The van der Waals surface area contributed by atoms with Crippen LogP contribution in [0, 0.1) is 12.7 Å². The number of piperazine rings is 1. The van der Waals surface area contributed by atoms with E-state index in [9.17, 15) is 22.4 Å². The maximum atomic E-state index is 14.3. The minimum Gasteiger partial charge on any atom is -0.354 e. The molecule has 0 bridgehead atoms. The van der Waals surface area contributed by atoms with Gasteiger partial charge in [0, 0.05) is 67.7 Å². The van der Waals surface area contributed by atoms with Crippen LogP contribution in [0.3, 0.4) is 0 Å². The Labute approximate surface area is 222 Å². The molecule has 38 heavy (non-hydrogen) atoms. The number of nitrogens with zero attached hydrogens (tertiary/aromatic N) is 5. The van der Waals surface area contributed by atoms with E-state index in [0.717, 1.165) is 0 Å². The molecule has 1 saturated heterocycles. The van der Waals surface area contributed by atoms with E-state index in [0.29, 0.717) is 66.3 Å². The van der Waals surface area contributed by atoms with E-state index in [1.54, 1.807) is 25.1 Å². The Bertz CT molecular complexity index is 1280. The average Bonchev–Trinajstić information content (AvgIpc) is 2.86. The lowest BCUT2D eigenvalue weighted by atomic mass is 10.1. The normalized spacial score (nSPS) is 14.9. The van der Waals surface area contributed by atoms with Gasteiger partial charge in [-0.05, 0) is 37.3 Å². The molecule has 4 rings (SSSR count). The molecule has 1 aliphatic rings. The Morgan fingerprint density at radius 3 is 2.53 bits per heavy atom. The molecule has 1 fully saturated rings. The molecule has 0 aliphatic carbocycles. The molecule has 13 heteroatoms. The van der Waals surface area contributed by atoms with Crippen LogP contribution >= 0.6 is 11.6 Å². The van der Waals surface area contributed by atoms with Crippen molar-refractivity contribution in [1.82, 2.24) is 25.0 Å². The number of carbonyl (C=O) groups excluding carboxylic acids is 1. The predicted octanol–water partition coefficient (Wildman–Crippen LogP) is 4.89. The van der Waals surface area contributed by atoms with Crippen molar-refractivity contribution in [3.63, 3.8) is 0 Å².